The molecule has 8 heteroatoms. The van der Waals surface area contributed by atoms with Crippen molar-refractivity contribution < 1.29 is 4.74 Å². The summed E-state index contributed by atoms with van der Waals surface area (Å²) in [5.74, 6) is 3.42. The Bertz CT molecular complexity index is 833. The lowest BCUT2D eigenvalue weighted by molar-refractivity contribution is 0.411. The first kappa shape index (κ1) is 25.0. The third-order valence-corrected chi connectivity index (χ3v) is 5.54. The van der Waals surface area contributed by atoms with E-state index in [0.717, 1.165) is 73.7 Å². The van der Waals surface area contributed by atoms with Crippen molar-refractivity contribution in [2.45, 2.75) is 58.7 Å². The molecule has 0 unspecified atom stereocenters. The molecule has 31 heavy (non-hydrogen) atoms. The Balaban J connectivity index is 1.85. The number of nitrogens with one attached hydrogen (secondary N) is 2. The number of ether oxygens (including phenoxy) is 1. The zero-order chi connectivity index (χ0) is 22.6. The number of nitrogens with zero attached hydrogens (tertiary/aromatic N) is 4. The first-order valence-corrected chi connectivity index (χ1v) is 12.3. The van der Waals surface area contributed by atoms with Gasteiger partial charge in [0.2, 0.25) is 0 Å². The van der Waals surface area contributed by atoms with Crippen LogP contribution in [0.5, 0.6) is 5.75 Å². The average Bonchev–Trinajstić information content (AvgIpc) is 3.13. The molecule has 0 amide bonds. The zero-order valence-corrected chi connectivity index (χ0v) is 20.7. The predicted molar refractivity (Wildman–Crippen MR) is 130 cm³/mol. The molecule has 0 radical (unpaired) electrons. The number of benzene rings is 1. The molecule has 2 rings (SSSR count). The van der Waals surface area contributed by atoms with Gasteiger partial charge in [0.25, 0.3) is 0 Å². The topological polar surface area (TPSA) is 76.4 Å². The molecule has 0 spiro atoms. The number of hydrogen-bond acceptors (Lipinski definition) is 5. The maximum Gasteiger partial charge on any atom is 0.191 e. The van der Waals surface area contributed by atoms with E-state index in [9.17, 15) is 0 Å². The van der Waals surface area contributed by atoms with Gasteiger partial charge in [0.05, 0.1) is 7.11 Å². The monoisotopic (exact) mass is 446 g/mol. The molecule has 1 aromatic heterocycles. The van der Waals surface area contributed by atoms with Crippen LogP contribution in [0.1, 0.15) is 44.1 Å². The van der Waals surface area contributed by atoms with Gasteiger partial charge in [0.15, 0.2) is 11.1 Å². The van der Waals surface area contributed by atoms with Gasteiger partial charge < -0.3 is 19.9 Å². The molecule has 0 aliphatic carbocycles. The fourth-order valence-electron chi connectivity index (χ4n) is 3.32. The van der Waals surface area contributed by atoms with E-state index < -0.39 is 0 Å². The molecule has 1 aromatic carbocycles. The summed E-state index contributed by atoms with van der Waals surface area (Å²) in [5.41, 5.74) is 2.41. The van der Waals surface area contributed by atoms with E-state index in [-0.39, 0.29) is 0 Å². The molecule has 0 fully saturated rings. The van der Waals surface area contributed by atoms with Gasteiger partial charge in [-0.3, -0.25) is 4.99 Å². The second-order valence-corrected chi connectivity index (χ2v) is 8.73. The molecule has 2 aromatic rings. The van der Waals surface area contributed by atoms with E-state index in [2.05, 4.69) is 77.5 Å². The van der Waals surface area contributed by atoms with Crippen molar-refractivity contribution in [1.29, 1.82) is 0 Å². The smallest absolute Gasteiger partial charge is 0.191 e. The number of rotatable bonds is 12. The Hall–Kier alpha value is -2.22. The average molecular weight is 447 g/mol. The maximum absolute atomic E-state index is 5.42. The summed E-state index contributed by atoms with van der Waals surface area (Å²) in [5, 5.41) is 16.5. The summed E-state index contributed by atoms with van der Waals surface area (Å²) in [4.78, 5) is 4.73. The second kappa shape index (κ2) is 13.2. The highest BCUT2D eigenvalue weighted by atomic mass is 32.2. The van der Waals surface area contributed by atoms with E-state index >= 15 is 0 Å². The van der Waals surface area contributed by atoms with Crippen LogP contribution < -0.4 is 15.4 Å². The van der Waals surface area contributed by atoms with Crippen molar-refractivity contribution in [3.8, 4) is 5.75 Å². The van der Waals surface area contributed by atoms with Gasteiger partial charge in [0, 0.05) is 32.6 Å². The van der Waals surface area contributed by atoms with Crippen molar-refractivity contribution in [1.82, 2.24) is 25.4 Å². The number of methoxy groups -OCH3 is 1. The standard InChI is InChI=1S/C23H38N6OS/c1-7-24-22(26-14-12-19-11-10-18(4)20(15-19)30-5)25-13-8-9-21-27-28-23(31-6)29(21)16-17(2)3/h10-11,15,17H,7-9,12-14,16H2,1-6H3,(H2,24,25,26). The number of aryl methyl sites for hydroxylation is 2. The highest BCUT2D eigenvalue weighted by molar-refractivity contribution is 7.98. The highest BCUT2D eigenvalue weighted by Crippen LogP contribution is 2.19. The molecule has 0 bridgehead atoms. The van der Waals surface area contributed by atoms with Gasteiger partial charge in [-0.25, -0.2) is 0 Å². The van der Waals surface area contributed by atoms with Gasteiger partial charge in [-0.15, -0.1) is 10.2 Å². The van der Waals surface area contributed by atoms with Crippen molar-refractivity contribution in [3.63, 3.8) is 0 Å². The Morgan fingerprint density at radius 2 is 2.03 bits per heavy atom. The SMILES string of the molecule is CCNC(=NCCCc1nnc(SC)n1CC(C)C)NCCc1ccc(C)c(OC)c1. The molecule has 7 nitrogen and oxygen atoms in total. The summed E-state index contributed by atoms with van der Waals surface area (Å²) < 4.78 is 7.67. The predicted octanol–water partition coefficient (Wildman–Crippen LogP) is 3.70. The van der Waals surface area contributed by atoms with Crippen LogP contribution in [-0.4, -0.2) is 53.7 Å². The van der Waals surface area contributed by atoms with Crippen LogP contribution in [0.2, 0.25) is 0 Å². The molecule has 1 heterocycles. The van der Waals surface area contributed by atoms with Crippen LogP contribution in [0.3, 0.4) is 0 Å². The van der Waals surface area contributed by atoms with Crippen LogP contribution >= 0.6 is 11.8 Å². The Morgan fingerprint density at radius 1 is 1.23 bits per heavy atom. The van der Waals surface area contributed by atoms with E-state index in [1.165, 1.54) is 5.56 Å². The minimum atomic E-state index is 0.566. The van der Waals surface area contributed by atoms with E-state index in [4.69, 9.17) is 9.73 Å². The minimum Gasteiger partial charge on any atom is -0.496 e. The zero-order valence-electron chi connectivity index (χ0n) is 19.9. The normalized spacial score (nSPS) is 11.8. The van der Waals surface area contributed by atoms with Crippen LogP contribution in [0, 0.1) is 12.8 Å². The number of guanidine groups is 1. The molecular weight excluding hydrogens is 408 g/mol. The van der Waals surface area contributed by atoms with Crippen LogP contribution in [0.4, 0.5) is 0 Å². The first-order chi connectivity index (χ1) is 15.0. The molecule has 0 saturated carbocycles. The van der Waals surface area contributed by atoms with Gasteiger partial charge in [-0.1, -0.05) is 37.7 Å². The summed E-state index contributed by atoms with van der Waals surface area (Å²) in [6, 6.07) is 6.37. The fraction of sp³-hybridized carbons (Fsp3) is 0.609. The Labute approximate surface area is 191 Å². The molecule has 0 aliphatic rings. The first-order valence-electron chi connectivity index (χ1n) is 11.1. The third-order valence-electron chi connectivity index (χ3n) is 4.87. The van der Waals surface area contributed by atoms with E-state index in [1.54, 1.807) is 18.9 Å². The summed E-state index contributed by atoms with van der Waals surface area (Å²) in [6.07, 6.45) is 4.79. The number of aromatic nitrogens is 3. The second-order valence-electron chi connectivity index (χ2n) is 7.95. The Morgan fingerprint density at radius 3 is 2.71 bits per heavy atom. The van der Waals surface area contributed by atoms with Crippen molar-refractivity contribution in [2.75, 3.05) is 33.0 Å². The number of aliphatic imine (C=N–C) groups is 1. The van der Waals surface area contributed by atoms with Crippen LogP contribution in [0.15, 0.2) is 28.3 Å². The number of hydrogen-bond donors (Lipinski definition) is 2. The van der Waals surface area contributed by atoms with Gasteiger partial charge in [-0.05, 0) is 56.1 Å². The van der Waals surface area contributed by atoms with Gasteiger partial charge in [0.1, 0.15) is 11.6 Å². The molecule has 0 aliphatic heterocycles. The largest absolute Gasteiger partial charge is 0.496 e. The van der Waals surface area contributed by atoms with E-state index in [1.807, 2.05) is 0 Å². The van der Waals surface area contributed by atoms with Crippen molar-refractivity contribution in [3.05, 3.63) is 35.2 Å². The van der Waals surface area contributed by atoms with Crippen LogP contribution in [0.25, 0.3) is 0 Å². The lowest BCUT2D eigenvalue weighted by atomic mass is 10.1. The minimum absolute atomic E-state index is 0.566. The quantitative estimate of drug-likeness (QED) is 0.224. The molecule has 0 saturated heterocycles. The van der Waals surface area contributed by atoms with E-state index in [0.29, 0.717) is 5.92 Å². The lowest BCUT2D eigenvalue weighted by Crippen LogP contribution is -2.38. The fourth-order valence-corrected chi connectivity index (χ4v) is 3.84. The summed E-state index contributed by atoms with van der Waals surface area (Å²) in [7, 11) is 1.72. The summed E-state index contributed by atoms with van der Waals surface area (Å²) in [6.45, 7) is 11.9. The molecule has 172 valence electrons. The van der Waals surface area contributed by atoms with Gasteiger partial charge in [-0.2, -0.15) is 0 Å². The third kappa shape index (κ3) is 8.09. The summed E-state index contributed by atoms with van der Waals surface area (Å²) >= 11 is 1.65. The maximum atomic E-state index is 5.42. The lowest BCUT2D eigenvalue weighted by Gasteiger charge is -2.13. The van der Waals surface area contributed by atoms with Gasteiger partial charge >= 0.3 is 0 Å². The van der Waals surface area contributed by atoms with Crippen molar-refractivity contribution in [2.24, 2.45) is 10.9 Å². The highest BCUT2D eigenvalue weighted by Gasteiger charge is 2.12. The number of thioether (sulfide) groups is 1. The van der Waals surface area contributed by atoms with Crippen LogP contribution in [-0.2, 0) is 19.4 Å². The molecular formula is C23H38N6OS. The molecule has 2 N–H and O–H groups in total. The van der Waals surface area contributed by atoms with Crippen molar-refractivity contribution >= 4 is 17.7 Å². The molecule has 0 atom stereocenters. The Kier molecular flexibility index (Phi) is 10.7.